The molecule has 156 valence electrons. The number of halogens is 2. The predicted molar refractivity (Wildman–Crippen MR) is 117 cm³/mol. The van der Waals surface area contributed by atoms with Gasteiger partial charge >= 0.3 is 5.97 Å². The van der Waals surface area contributed by atoms with Gasteiger partial charge in [0.25, 0.3) is 5.91 Å². The second kappa shape index (κ2) is 9.83. The summed E-state index contributed by atoms with van der Waals surface area (Å²) in [5.41, 5.74) is 1.49. The maximum Gasteiger partial charge on any atom is 0.341 e. The third-order valence-electron chi connectivity index (χ3n) is 4.47. The number of hydrogen-bond acceptors (Lipinski definition) is 5. The van der Waals surface area contributed by atoms with Crippen molar-refractivity contribution in [2.75, 3.05) is 11.9 Å². The lowest BCUT2D eigenvalue weighted by Gasteiger charge is -2.12. The highest BCUT2D eigenvalue weighted by molar-refractivity contribution is 7.17. The van der Waals surface area contributed by atoms with Gasteiger partial charge in [-0.2, -0.15) is 0 Å². The van der Waals surface area contributed by atoms with Crippen LogP contribution in [0, 0.1) is 0 Å². The van der Waals surface area contributed by atoms with Crippen molar-refractivity contribution >= 4 is 51.4 Å². The summed E-state index contributed by atoms with van der Waals surface area (Å²) in [6.07, 6.45) is 4.74. The van der Waals surface area contributed by atoms with Crippen molar-refractivity contribution in [1.82, 2.24) is 0 Å². The van der Waals surface area contributed by atoms with Crippen LogP contribution in [0.4, 0.5) is 5.00 Å². The fourth-order valence-corrected chi connectivity index (χ4v) is 4.97. The number of fused-ring (bicyclic) bond motifs is 1. The van der Waals surface area contributed by atoms with Gasteiger partial charge in [-0.25, -0.2) is 4.79 Å². The van der Waals surface area contributed by atoms with E-state index in [0.29, 0.717) is 26.4 Å². The summed E-state index contributed by atoms with van der Waals surface area (Å²) >= 11 is 13.4. The van der Waals surface area contributed by atoms with E-state index in [1.807, 2.05) is 13.8 Å². The first-order valence-corrected chi connectivity index (χ1v) is 11.2. The topological polar surface area (TPSA) is 64.6 Å². The first-order chi connectivity index (χ1) is 13.8. The van der Waals surface area contributed by atoms with Gasteiger partial charge in [-0.3, -0.25) is 4.79 Å². The zero-order valence-electron chi connectivity index (χ0n) is 16.3. The maximum atomic E-state index is 12.7. The van der Waals surface area contributed by atoms with Gasteiger partial charge in [-0.05, 0) is 63.3 Å². The number of rotatable bonds is 6. The van der Waals surface area contributed by atoms with E-state index in [1.54, 1.807) is 18.2 Å². The largest absolute Gasteiger partial charge is 0.482 e. The summed E-state index contributed by atoms with van der Waals surface area (Å²) in [7, 11) is 0. The molecule has 0 aliphatic heterocycles. The number of carbonyl (C=O) groups is 2. The van der Waals surface area contributed by atoms with Gasteiger partial charge in [0.2, 0.25) is 0 Å². The highest BCUT2D eigenvalue weighted by Crippen LogP contribution is 2.38. The molecule has 0 bridgehead atoms. The van der Waals surface area contributed by atoms with Crippen LogP contribution < -0.4 is 10.1 Å². The Hall–Kier alpha value is -1.76. The second-order valence-electron chi connectivity index (χ2n) is 7.13. The SMILES string of the molecule is CC(C)OC(=O)c1c(NC(=O)COc2ccc(Cl)cc2Cl)sc2c1CCCCC2. The molecule has 0 unspecified atom stereocenters. The molecule has 1 N–H and O–H groups in total. The summed E-state index contributed by atoms with van der Waals surface area (Å²) in [6, 6.07) is 4.79. The van der Waals surface area contributed by atoms with Crippen LogP contribution in [-0.4, -0.2) is 24.6 Å². The molecule has 1 aliphatic carbocycles. The number of anilines is 1. The lowest BCUT2D eigenvalue weighted by atomic mass is 10.1. The Labute approximate surface area is 184 Å². The number of hydrogen-bond donors (Lipinski definition) is 1. The molecule has 1 aliphatic rings. The van der Waals surface area contributed by atoms with Crippen molar-refractivity contribution < 1.29 is 19.1 Å². The minimum Gasteiger partial charge on any atom is -0.482 e. The van der Waals surface area contributed by atoms with Gasteiger partial charge in [-0.15, -0.1) is 11.3 Å². The predicted octanol–water partition coefficient (Wildman–Crippen LogP) is 5.91. The van der Waals surface area contributed by atoms with Crippen LogP contribution in [0.15, 0.2) is 18.2 Å². The van der Waals surface area contributed by atoms with Gasteiger partial charge < -0.3 is 14.8 Å². The summed E-state index contributed by atoms with van der Waals surface area (Å²) in [5, 5.41) is 4.17. The lowest BCUT2D eigenvalue weighted by Crippen LogP contribution is -2.22. The van der Waals surface area contributed by atoms with Crippen molar-refractivity contribution in [2.45, 2.75) is 52.1 Å². The fourth-order valence-electron chi connectivity index (χ4n) is 3.22. The van der Waals surface area contributed by atoms with Crippen LogP contribution in [0.25, 0.3) is 0 Å². The van der Waals surface area contributed by atoms with Gasteiger partial charge in [0.15, 0.2) is 6.61 Å². The number of carbonyl (C=O) groups excluding carboxylic acids is 2. The van der Waals surface area contributed by atoms with E-state index in [-0.39, 0.29) is 18.6 Å². The molecular formula is C21H23Cl2NO4S. The van der Waals surface area contributed by atoms with E-state index in [4.69, 9.17) is 32.7 Å². The summed E-state index contributed by atoms with van der Waals surface area (Å²) in [6.45, 7) is 3.39. The number of aryl methyl sites for hydroxylation is 1. The zero-order valence-corrected chi connectivity index (χ0v) is 18.7. The number of amides is 1. The van der Waals surface area contributed by atoms with Crippen molar-refractivity contribution in [3.05, 3.63) is 44.2 Å². The van der Waals surface area contributed by atoms with Gasteiger partial charge in [0, 0.05) is 9.90 Å². The number of benzene rings is 1. The van der Waals surface area contributed by atoms with Crippen LogP contribution in [0.1, 0.15) is 53.9 Å². The third kappa shape index (κ3) is 5.65. The smallest absolute Gasteiger partial charge is 0.341 e. The second-order valence-corrected chi connectivity index (χ2v) is 9.08. The van der Waals surface area contributed by atoms with E-state index in [0.717, 1.165) is 42.5 Å². The van der Waals surface area contributed by atoms with Crippen molar-refractivity contribution in [3.63, 3.8) is 0 Å². The maximum absolute atomic E-state index is 12.7. The van der Waals surface area contributed by atoms with Gasteiger partial charge in [0.1, 0.15) is 10.8 Å². The molecule has 0 spiro atoms. The molecule has 0 radical (unpaired) electrons. The molecule has 1 aromatic carbocycles. The van der Waals surface area contributed by atoms with Crippen molar-refractivity contribution in [3.8, 4) is 5.75 Å². The molecule has 3 rings (SSSR count). The van der Waals surface area contributed by atoms with Crippen molar-refractivity contribution in [1.29, 1.82) is 0 Å². The van der Waals surface area contributed by atoms with Gasteiger partial charge in [-0.1, -0.05) is 29.6 Å². The van der Waals surface area contributed by atoms with Crippen LogP contribution in [0.5, 0.6) is 5.75 Å². The van der Waals surface area contributed by atoms with E-state index in [2.05, 4.69) is 5.32 Å². The molecule has 1 amide bonds. The molecule has 2 aromatic rings. The molecule has 8 heteroatoms. The molecule has 5 nitrogen and oxygen atoms in total. The number of ether oxygens (including phenoxy) is 2. The lowest BCUT2D eigenvalue weighted by molar-refractivity contribution is -0.118. The average Bonchev–Trinajstić information content (AvgIpc) is 2.81. The molecule has 0 saturated carbocycles. The van der Waals surface area contributed by atoms with Crippen LogP contribution in [0.2, 0.25) is 10.0 Å². The third-order valence-corrected chi connectivity index (χ3v) is 6.21. The van der Waals surface area contributed by atoms with Crippen LogP contribution in [-0.2, 0) is 22.4 Å². The average molecular weight is 456 g/mol. The minimum atomic E-state index is -0.392. The Kier molecular flexibility index (Phi) is 7.44. The minimum absolute atomic E-state index is 0.234. The highest BCUT2D eigenvalue weighted by Gasteiger charge is 2.27. The number of thiophene rings is 1. The van der Waals surface area contributed by atoms with E-state index >= 15 is 0 Å². The summed E-state index contributed by atoms with van der Waals surface area (Å²) in [4.78, 5) is 26.4. The zero-order chi connectivity index (χ0) is 21.0. The number of esters is 1. The Morgan fingerprint density at radius 1 is 1.17 bits per heavy atom. The Morgan fingerprint density at radius 2 is 1.93 bits per heavy atom. The summed E-state index contributed by atoms with van der Waals surface area (Å²) in [5.74, 6) is -0.394. The molecule has 0 fully saturated rings. The summed E-state index contributed by atoms with van der Waals surface area (Å²) < 4.78 is 10.9. The van der Waals surface area contributed by atoms with E-state index in [1.165, 1.54) is 11.3 Å². The molecular weight excluding hydrogens is 433 g/mol. The molecule has 0 saturated heterocycles. The first kappa shape index (κ1) is 21.9. The molecule has 0 atom stereocenters. The highest BCUT2D eigenvalue weighted by atomic mass is 35.5. The first-order valence-electron chi connectivity index (χ1n) is 9.58. The standard InChI is InChI=1S/C21H23Cl2NO4S/c1-12(2)28-21(26)19-14-6-4-3-5-7-17(14)29-20(19)24-18(25)11-27-16-9-8-13(22)10-15(16)23/h8-10,12H,3-7,11H2,1-2H3,(H,24,25). The molecule has 1 heterocycles. The van der Waals surface area contributed by atoms with E-state index < -0.39 is 5.97 Å². The van der Waals surface area contributed by atoms with E-state index in [9.17, 15) is 9.59 Å². The van der Waals surface area contributed by atoms with Crippen LogP contribution in [0.3, 0.4) is 0 Å². The fraction of sp³-hybridized carbons (Fsp3) is 0.429. The number of nitrogens with one attached hydrogen (secondary N) is 1. The quantitative estimate of drug-likeness (QED) is 0.434. The monoisotopic (exact) mass is 455 g/mol. The Morgan fingerprint density at radius 3 is 2.66 bits per heavy atom. The normalized spacial score (nSPS) is 13.6. The molecule has 29 heavy (non-hydrogen) atoms. The van der Waals surface area contributed by atoms with Crippen molar-refractivity contribution in [2.24, 2.45) is 0 Å². The van der Waals surface area contributed by atoms with Crippen LogP contribution >= 0.6 is 34.5 Å². The molecule has 1 aromatic heterocycles. The Balaban J connectivity index is 1.76. The Bertz CT molecular complexity index is 910. The van der Waals surface area contributed by atoms with Gasteiger partial charge in [0.05, 0.1) is 16.7 Å².